The number of rotatable bonds is 4. The lowest BCUT2D eigenvalue weighted by molar-refractivity contribution is -0.119. The second-order valence-electron chi connectivity index (χ2n) is 7.96. The van der Waals surface area contributed by atoms with E-state index in [1.807, 2.05) is 59.5 Å². The van der Waals surface area contributed by atoms with Crippen molar-refractivity contribution in [3.8, 4) is 0 Å². The third-order valence-corrected chi connectivity index (χ3v) is 5.88. The van der Waals surface area contributed by atoms with E-state index in [-0.39, 0.29) is 23.3 Å². The van der Waals surface area contributed by atoms with Gasteiger partial charge in [-0.2, -0.15) is 0 Å². The van der Waals surface area contributed by atoms with Crippen LogP contribution in [-0.2, 0) is 11.2 Å². The quantitative estimate of drug-likeness (QED) is 0.602. The minimum absolute atomic E-state index is 0.0360. The Morgan fingerprint density at radius 2 is 1.59 bits per heavy atom. The second-order valence-corrected chi connectivity index (χ2v) is 8.37. The van der Waals surface area contributed by atoms with Gasteiger partial charge in [0, 0.05) is 26.2 Å². The molecule has 0 bridgehead atoms. The number of carbonyl (C=O) groups is 2. The van der Waals surface area contributed by atoms with Gasteiger partial charge >= 0.3 is 0 Å². The number of amides is 2. The fourth-order valence-electron chi connectivity index (χ4n) is 3.90. The van der Waals surface area contributed by atoms with Gasteiger partial charge in [-0.05, 0) is 47.7 Å². The summed E-state index contributed by atoms with van der Waals surface area (Å²) < 4.78 is 0. The Kier molecular flexibility index (Phi) is 6.78. The van der Waals surface area contributed by atoms with Crippen molar-refractivity contribution in [2.75, 3.05) is 38.5 Å². The number of piperazine rings is 1. The number of hydrogen-bond acceptors (Lipinski definition) is 4. The van der Waals surface area contributed by atoms with Gasteiger partial charge in [-0.3, -0.25) is 9.59 Å². The molecule has 0 aromatic heterocycles. The Balaban J connectivity index is 1.41. The maximum absolute atomic E-state index is 13.0. The molecule has 3 aromatic carbocycles. The Labute approximate surface area is 193 Å². The lowest BCUT2D eigenvalue weighted by atomic mass is 10.0. The summed E-state index contributed by atoms with van der Waals surface area (Å²) in [5, 5.41) is 8.09. The van der Waals surface area contributed by atoms with Gasteiger partial charge in [0.05, 0.1) is 17.7 Å². The molecule has 1 aliphatic rings. The van der Waals surface area contributed by atoms with Crippen molar-refractivity contribution in [1.82, 2.24) is 15.1 Å². The molecule has 1 saturated heterocycles. The number of likely N-dealkylation sites (N-methyl/N-ethyl adjacent to an activating group) is 1. The van der Waals surface area contributed by atoms with Crippen LogP contribution >= 0.6 is 12.2 Å². The van der Waals surface area contributed by atoms with E-state index in [2.05, 4.69) is 22.6 Å². The van der Waals surface area contributed by atoms with E-state index in [4.69, 9.17) is 12.2 Å². The zero-order valence-electron chi connectivity index (χ0n) is 18.0. The van der Waals surface area contributed by atoms with Crippen LogP contribution in [0.3, 0.4) is 0 Å². The Bertz CT molecular complexity index is 1150. The van der Waals surface area contributed by atoms with Crippen LogP contribution in [0.15, 0.2) is 66.7 Å². The lowest BCUT2D eigenvalue weighted by Crippen LogP contribution is -2.47. The fourth-order valence-corrected chi connectivity index (χ4v) is 4.13. The lowest BCUT2D eigenvalue weighted by Gasteiger charge is -2.32. The summed E-state index contributed by atoms with van der Waals surface area (Å²) in [6, 6.07) is 21.1. The van der Waals surface area contributed by atoms with E-state index in [9.17, 15) is 9.59 Å². The van der Waals surface area contributed by atoms with Crippen molar-refractivity contribution < 1.29 is 9.59 Å². The molecule has 4 rings (SSSR count). The molecule has 1 heterocycles. The smallest absolute Gasteiger partial charge is 0.256 e. The van der Waals surface area contributed by atoms with Gasteiger partial charge in [-0.15, -0.1) is 0 Å². The van der Waals surface area contributed by atoms with Crippen molar-refractivity contribution in [3.63, 3.8) is 0 Å². The highest BCUT2D eigenvalue weighted by Gasteiger charge is 2.22. The first-order chi connectivity index (χ1) is 15.5. The number of benzene rings is 3. The highest BCUT2D eigenvalue weighted by Crippen LogP contribution is 2.20. The van der Waals surface area contributed by atoms with Gasteiger partial charge in [-0.1, -0.05) is 54.6 Å². The standard InChI is InChI=1S/C25H26N4O2S/c1-28-13-15-29(16-14-28)24(31)21-11-4-5-12-22(21)26-25(32)27-23(30)17-19-9-6-8-18-7-2-3-10-20(18)19/h2-12H,13-17H2,1H3,(H2,26,27,30,32). The number of nitrogens with one attached hydrogen (secondary N) is 2. The highest BCUT2D eigenvalue weighted by molar-refractivity contribution is 7.80. The molecule has 1 fully saturated rings. The van der Waals surface area contributed by atoms with Gasteiger partial charge in [0.15, 0.2) is 5.11 Å². The van der Waals surface area contributed by atoms with Crippen molar-refractivity contribution in [2.45, 2.75) is 6.42 Å². The number of fused-ring (bicyclic) bond motifs is 1. The minimum atomic E-state index is -0.207. The molecule has 7 heteroatoms. The van der Waals surface area contributed by atoms with Gasteiger partial charge < -0.3 is 20.4 Å². The number of hydrogen-bond donors (Lipinski definition) is 2. The topological polar surface area (TPSA) is 64.7 Å². The molecule has 0 aliphatic carbocycles. The van der Waals surface area contributed by atoms with Gasteiger partial charge in [0.25, 0.3) is 5.91 Å². The molecule has 0 saturated carbocycles. The molecule has 0 atom stereocenters. The molecule has 6 nitrogen and oxygen atoms in total. The van der Waals surface area contributed by atoms with Crippen LogP contribution in [0.2, 0.25) is 0 Å². The van der Waals surface area contributed by atoms with Crippen LogP contribution in [-0.4, -0.2) is 60.0 Å². The summed E-state index contributed by atoms with van der Waals surface area (Å²) in [5.74, 6) is -0.243. The van der Waals surface area contributed by atoms with Gasteiger partial charge in [-0.25, -0.2) is 0 Å². The van der Waals surface area contributed by atoms with E-state index in [1.165, 1.54) is 0 Å². The first-order valence-corrected chi connectivity index (χ1v) is 11.1. The maximum atomic E-state index is 13.0. The maximum Gasteiger partial charge on any atom is 0.256 e. The zero-order chi connectivity index (χ0) is 22.5. The molecule has 3 aromatic rings. The van der Waals surface area contributed by atoms with Crippen LogP contribution in [0.5, 0.6) is 0 Å². The fraction of sp³-hybridized carbons (Fsp3) is 0.240. The number of carbonyl (C=O) groups excluding carboxylic acids is 2. The molecule has 0 spiro atoms. The Morgan fingerprint density at radius 3 is 2.41 bits per heavy atom. The number of para-hydroxylation sites is 1. The van der Waals surface area contributed by atoms with E-state index in [0.717, 1.165) is 29.4 Å². The number of thiocarbonyl (C=S) groups is 1. The van der Waals surface area contributed by atoms with Crippen molar-refractivity contribution >= 4 is 45.6 Å². The highest BCUT2D eigenvalue weighted by atomic mass is 32.1. The van der Waals surface area contributed by atoms with E-state index in [0.29, 0.717) is 24.3 Å². The summed E-state index contributed by atoms with van der Waals surface area (Å²) in [5.41, 5.74) is 2.07. The largest absolute Gasteiger partial charge is 0.336 e. The molecule has 32 heavy (non-hydrogen) atoms. The van der Waals surface area contributed by atoms with E-state index < -0.39 is 0 Å². The Morgan fingerprint density at radius 1 is 0.906 bits per heavy atom. The third-order valence-electron chi connectivity index (χ3n) is 5.68. The Hall–Kier alpha value is -3.29. The monoisotopic (exact) mass is 446 g/mol. The van der Waals surface area contributed by atoms with Crippen molar-refractivity contribution in [1.29, 1.82) is 0 Å². The van der Waals surface area contributed by atoms with E-state index >= 15 is 0 Å². The normalized spacial score (nSPS) is 14.2. The van der Waals surface area contributed by atoms with Crippen molar-refractivity contribution in [2.24, 2.45) is 0 Å². The first-order valence-electron chi connectivity index (χ1n) is 10.7. The predicted octanol–water partition coefficient (Wildman–Crippen LogP) is 3.28. The number of nitrogens with zero attached hydrogens (tertiary/aromatic N) is 2. The predicted molar refractivity (Wildman–Crippen MR) is 132 cm³/mol. The minimum Gasteiger partial charge on any atom is -0.336 e. The van der Waals surface area contributed by atoms with Gasteiger partial charge in [0.2, 0.25) is 5.91 Å². The average molecular weight is 447 g/mol. The molecular weight excluding hydrogens is 420 g/mol. The van der Waals surface area contributed by atoms with Crippen LogP contribution in [0.1, 0.15) is 15.9 Å². The van der Waals surface area contributed by atoms with Crippen molar-refractivity contribution in [3.05, 3.63) is 77.9 Å². The van der Waals surface area contributed by atoms with Gasteiger partial charge in [0.1, 0.15) is 0 Å². The molecule has 164 valence electrons. The van der Waals surface area contributed by atoms with Crippen LogP contribution < -0.4 is 10.6 Å². The summed E-state index contributed by atoms with van der Waals surface area (Å²) in [4.78, 5) is 29.7. The summed E-state index contributed by atoms with van der Waals surface area (Å²) >= 11 is 5.37. The number of anilines is 1. The molecular formula is C25H26N4O2S. The van der Waals surface area contributed by atoms with E-state index in [1.54, 1.807) is 12.1 Å². The molecule has 2 N–H and O–H groups in total. The summed E-state index contributed by atoms with van der Waals surface area (Å²) in [6.45, 7) is 3.08. The molecule has 2 amide bonds. The average Bonchev–Trinajstić information content (AvgIpc) is 2.79. The van der Waals surface area contributed by atoms with Crippen LogP contribution in [0, 0.1) is 0 Å². The van der Waals surface area contributed by atoms with Crippen LogP contribution in [0.25, 0.3) is 10.8 Å². The first kappa shape index (κ1) is 21.9. The van der Waals surface area contributed by atoms with Crippen LogP contribution in [0.4, 0.5) is 5.69 Å². The summed E-state index contributed by atoms with van der Waals surface area (Å²) in [6.07, 6.45) is 0.213. The second kappa shape index (κ2) is 9.89. The summed E-state index contributed by atoms with van der Waals surface area (Å²) in [7, 11) is 2.05. The SMILES string of the molecule is CN1CCN(C(=O)c2ccccc2NC(=S)NC(=O)Cc2cccc3ccccc23)CC1. The zero-order valence-corrected chi connectivity index (χ0v) is 18.8. The molecule has 1 aliphatic heterocycles. The molecule has 0 unspecified atom stereocenters. The third kappa shape index (κ3) is 5.12. The molecule has 0 radical (unpaired) electrons.